The number of aliphatic hydroxyl groups is 1. The molecular weight excluding hydrogens is 476 g/mol. The van der Waals surface area contributed by atoms with Gasteiger partial charge in [0, 0.05) is 12.8 Å². The summed E-state index contributed by atoms with van der Waals surface area (Å²) in [6, 6.07) is 0.404. The van der Waals surface area contributed by atoms with Gasteiger partial charge in [-0.1, -0.05) is 26.0 Å². The van der Waals surface area contributed by atoms with Crippen molar-refractivity contribution in [3.63, 3.8) is 0 Å². The Hall–Kier alpha value is -3.71. The maximum absolute atomic E-state index is 13.0. The van der Waals surface area contributed by atoms with E-state index in [0.29, 0.717) is 12.0 Å². The van der Waals surface area contributed by atoms with Crippen LogP contribution in [-0.2, 0) is 30.4 Å². The van der Waals surface area contributed by atoms with Crippen LogP contribution in [0.15, 0.2) is 24.3 Å². The van der Waals surface area contributed by atoms with Crippen molar-refractivity contribution >= 4 is 29.7 Å². The molecule has 0 aliphatic heterocycles. The van der Waals surface area contributed by atoms with Gasteiger partial charge in [0.15, 0.2) is 0 Å². The summed E-state index contributed by atoms with van der Waals surface area (Å²) in [4.78, 5) is 60.6. The second-order valence-corrected chi connectivity index (χ2v) is 8.74. The summed E-state index contributed by atoms with van der Waals surface area (Å²) < 4.78 is 0. The van der Waals surface area contributed by atoms with Gasteiger partial charge in [-0.25, -0.2) is 4.79 Å². The van der Waals surface area contributed by atoms with Crippen molar-refractivity contribution in [1.82, 2.24) is 16.0 Å². The highest BCUT2D eigenvalue weighted by atomic mass is 16.4. The maximum Gasteiger partial charge on any atom is 0.328 e. The first-order valence-corrected chi connectivity index (χ1v) is 11.3. The maximum atomic E-state index is 13.0. The monoisotopic (exact) mass is 510 g/mol. The molecule has 0 aromatic heterocycles. The number of carboxylic acid groups (broad SMARTS) is 2. The van der Waals surface area contributed by atoms with Gasteiger partial charge in [-0.15, -0.1) is 0 Å². The van der Waals surface area contributed by atoms with Crippen LogP contribution >= 0.6 is 0 Å². The SMILES string of the molecule is CC(C)CC(N)C(=O)NC(CCC(=O)O)C(=O)NC(Cc1ccc(O)cc1)C(=O)NC(CO)C(=O)O. The van der Waals surface area contributed by atoms with Crippen molar-refractivity contribution in [2.24, 2.45) is 11.7 Å². The lowest BCUT2D eigenvalue weighted by molar-refractivity contribution is -0.143. The fourth-order valence-electron chi connectivity index (χ4n) is 3.24. The van der Waals surface area contributed by atoms with Crippen LogP contribution in [0.5, 0.6) is 5.75 Å². The zero-order valence-corrected chi connectivity index (χ0v) is 20.1. The molecule has 9 N–H and O–H groups in total. The fourth-order valence-corrected chi connectivity index (χ4v) is 3.24. The quantitative estimate of drug-likeness (QED) is 0.139. The predicted molar refractivity (Wildman–Crippen MR) is 127 cm³/mol. The number of carbonyl (C=O) groups is 5. The molecule has 36 heavy (non-hydrogen) atoms. The number of phenolic OH excluding ortho intramolecular Hbond substituents is 1. The minimum absolute atomic E-state index is 0.0378. The van der Waals surface area contributed by atoms with Gasteiger partial charge in [-0.2, -0.15) is 0 Å². The largest absolute Gasteiger partial charge is 0.508 e. The van der Waals surface area contributed by atoms with E-state index in [-0.39, 0.29) is 24.5 Å². The van der Waals surface area contributed by atoms with Gasteiger partial charge < -0.3 is 42.1 Å². The van der Waals surface area contributed by atoms with Gasteiger partial charge in [0.25, 0.3) is 0 Å². The molecule has 0 spiro atoms. The Balaban J connectivity index is 3.13. The van der Waals surface area contributed by atoms with E-state index in [9.17, 15) is 34.2 Å². The second-order valence-electron chi connectivity index (χ2n) is 8.74. The Morgan fingerprint density at radius 2 is 1.39 bits per heavy atom. The fraction of sp³-hybridized carbons (Fsp3) is 0.522. The van der Waals surface area contributed by atoms with Gasteiger partial charge in [-0.05, 0) is 36.5 Å². The minimum Gasteiger partial charge on any atom is -0.508 e. The Morgan fingerprint density at radius 1 is 0.861 bits per heavy atom. The van der Waals surface area contributed by atoms with Crippen molar-refractivity contribution in [3.8, 4) is 5.75 Å². The first-order valence-electron chi connectivity index (χ1n) is 11.3. The van der Waals surface area contributed by atoms with Crippen molar-refractivity contribution in [3.05, 3.63) is 29.8 Å². The first-order chi connectivity index (χ1) is 16.8. The third-order valence-corrected chi connectivity index (χ3v) is 5.15. The lowest BCUT2D eigenvalue weighted by Gasteiger charge is -2.25. The molecule has 200 valence electrons. The first kappa shape index (κ1) is 30.3. The molecule has 0 aliphatic rings. The molecular formula is C23H34N4O9. The highest BCUT2D eigenvalue weighted by Crippen LogP contribution is 2.12. The van der Waals surface area contributed by atoms with Crippen LogP contribution in [0.3, 0.4) is 0 Å². The van der Waals surface area contributed by atoms with Gasteiger partial charge in [0.1, 0.15) is 23.9 Å². The summed E-state index contributed by atoms with van der Waals surface area (Å²) in [7, 11) is 0. The van der Waals surface area contributed by atoms with Crippen LogP contribution in [0.1, 0.15) is 38.7 Å². The molecule has 0 aliphatic carbocycles. The molecule has 0 fully saturated rings. The number of aliphatic hydroxyl groups excluding tert-OH is 1. The van der Waals surface area contributed by atoms with Crippen LogP contribution in [0.2, 0.25) is 0 Å². The molecule has 1 rings (SSSR count). The number of nitrogens with one attached hydrogen (secondary N) is 3. The lowest BCUT2D eigenvalue weighted by atomic mass is 10.0. The lowest BCUT2D eigenvalue weighted by Crippen LogP contribution is -2.58. The summed E-state index contributed by atoms with van der Waals surface area (Å²) in [6.45, 7) is 2.81. The van der Waals surface area contributed by atoms with Gasteiger partial charge in [0.05, 0.1) is 12.6 Å². The summed E-state index contributed by atoms with van der Waals surface area (Å²) in [5.74, 6) is -5.13. The van der Waals surface area contributed by atoms with Crippen molar-refractivity contribution in [2.75, 3.05) is 6.61 Å². The highest BCUT2D eigenvalue weighted by molar-refractivity contribution is 5.94. The number of phenols is 1. The van der Waals surface area contributed by atoms with E-state index in [0.717, 1.165) is 0 Å². The Bertz CT molecular complexity index is 921. The molecule has 3 amide bonds. The number of amides is 3. The summed E-state index contributed by atoms with van der Waals surface area (Å²) in [5.41, 5.74) is 6.36. The minimum atomic E-state index is -1.63. The number of aliphatic carboxylic acids is 2. The molecule has 0 heterocycles. The van der Waals surface area contributed by atoms with Crippen LogP contribution in [0.4, 0.5) is 0 Å². The number of carboxylic acids is 2. The third-order valence-electron chi connectivity index (χ3n) is 5.15. The summed E-state index contributed by atoms with van der Waals surface area (Å²) >= 11 is 0. The third kappa shape index (κ3) is 10.7. The molecule has 1 aromatic carbocycles. The van der Waals surface area contributed by atoms with Crippen molar-refractivity contribution in [1.29, 1.82) is 0 Å². The van der Waals surface area contributed by atoms with Crippen LogP contribution in [-0.4, -0.2) is 80.9 Å². The van der Waals surface area contributed by atoms with E-state index in [1.165, 1.54) is 24.3 Å². The molecule has 13 nitrogen and oxygen atoms in total. The van der Waals surface area contributed by atoms with Crippen molar-refractivity contribution < 1.29 is 44.4 Å². The molecule has 0 saturated heterocycles. The number of carbonyl (C=O) groups excluding carboxylic acids is 3. The van der Waals surface area contributed by atoms with E-state index in [2.05, 4.69) is 16.0 Å². The number of aromatic hydroxyl groups is 1. The average Bonchev–Trinajstić information content (AvgIpc) is 2.79. The molecule has 13 heteroatoms. The standard InChI is InChI=1S/C23H34N4O9/c1-12(2)9-15(24)20(32)25-16(7-8-19(30)31)21(33)26-17(10-13-3-5-14(29)6-4-13)22(34)27-18(11-28)23(35)36/h3-6,12,15-18,28-29H,7-11,24H2,1-2H3,(H,25,32)(H,26,33)(H,27,34)(H,30,31)(H,35,36). The summed E-state index contributed by atoms with van der Waals surface area (Å²) in [6.07, 6.45) is -0.563. The molecule has 1 aromatic rings. The Kier molecular flexibility index (Phi) is 12.3. The zero-order valence-electron chi connectivity index (χ0n) is 20.1. The Morgan fingerprint density at radius 3 is 1.89 bits per heavy atom. The van der Waals surface area contributed by atoms with Crippen molar-refractivity contribution in [2.45, 2.75) is 63.7 Å². The van der Waals surface area contributed by atoms with E-state index in [1.807, 2.05) is 13.8 Å². The zero-order chi connectivity index (χ0) is 27.4. The van der Waals surface area contributed by atoms with E-state index in [1.54, 1.807) is 0 Å². The number of hydrogen-bond acceptors (Lipinski definition) is 8. The van der Waals surface area contributed by atoms with E-state index >= 15 is 0 Å². The van der Waals surface area contributed by atoms with E-state index in [4.69, 9.17) is 15.9 Å². The molecule has 4 unspecified atom stereocenters. The van der Waals surface area contributed by atoms with Gasteiger partial charge in [0.2, 0.25) is 17.7 Å². The van der Waals surface area contributed by atoms with Gasteiger partial charge >= 0.3 is 11.9 Å². The molecule has 0 radical (unpaired) electrons. The smallest absolute Gasteiger partial charge is 0.328 e. The average molecular weight is 511 g/mol. The van der Waals surface area contributed by atoms with Crippen LogP contribution in [0, 0.1) is 5.92 Å². The highest BCUT2D eigenvalue weighted by Gasteiger charge is 2.30. The molecule has 0 saturated carbocycles. The predicted octanol–water partition coefficient (Wildman–Crippen LogP) is -1.30. The normalized spacial score (nSPS) is 14.2. The number of nitrogens with two attached hydrogens (primary N) is 1. The number of benzene rings is 1. The number of hydrogen-bond donors (Lipinski definition) is 8. The number of rotatable bonds is 15. The van der Waals surface area contributed by atoms with Crippen LogP contribution in [0.25, 0.3) is 0 Å². The molecule has 0 bridgehead atoms. The topological polar surface area (TPSA) is 228 Å². The van der Waals surface area contributed by atoms with E-state index < -0.39 is 66.9 Å². The van der Waals surface area contributed by atoms with Gasteiger partial charge in [-0.3, -0.25) is 19.2 Å². The Labute approximate surface area is 208 Å². The second kappa shape index (κ2) is 14.6. The molecule has 4 atom stereocenters. The van der Waals surface area contributed by atoms with Crippen LogP contribution < -0.4 is 21.7 Å². The summed E-state index contributed by atoms with van der Waals surface area (Å²) in [5, 5.41) is 43.8.